The Balaban J connectivity index is 1.43. The van der Waals surface area contributed by atoms with Gasteiger partial charge in [0.15, 0.2) is 0 Å². The van der Waals surface area contributed by atoms with Crippen LogP contribution in [0.4, 0.5) is 8.78 Å². The summed E-state index contributed by atoms with van der Waals surface area (Å²) in [5, 5.41) is 11.8. The molecule has 0 spiro atoms. The van der Waals surface area contributed by atoms with Crippen molar-refractivity contribution in [1.29, 1.82) is 0 Å². The van der Waals surface area contributed by atoms with E-state index in [1.54, 1.807) is 12.1 Å². The van der Waals surface area contributed by atoms with Gasteiger partial charge in [-0.1, -0.05) is 5.16 Å². The van der Waals surface area contributed by atoms with E-state index in [9.17, 15) is 8.78 Å². The predicted octanol–water partition coefficient (Wildman–Crippen LogP) is 4.87. The average Bonchev–Trinajstić information content (AvgIpc) is 3.16. The lowest BCUT2D eigenvalue weighted by atomic mass is 10.1. The SMILES string of the molecule is Cc1ccc(CCCCCOc2ccc(-c3noc(C(F)F)n3)c(C)c2)nn1. The van der Waals surface area contributed by atoms with E-state index in [0.29, 0.717) is 12.2 Å². The molecule has 0 aliphatic carbocycles. The molecule has 3 rings (SSSR count). The van der Waals surface area contributed by atoms with Crippen molar-refractivity contribution in [2.24, 2.45) is 0 Å². The van der Waals surface area contributed by atoms with Crippen molar-refractivity contribution in [2.75, 3.05) is 6.61 Å². The van der Waals surface area contributed by atoms with E-state index in [1.807, 2.05) is 32.0 Å². The van der Waals surface area contributed by atoms with Gasteiger partial charge >= 0.3 is 6.43 Å². The number of rotatable bonds is 9. The summed E-state index contributed by atoms with van der Waals surface area (Å²) < 4.78 is 35.5. The molecule has 0 saturated carbocycles. The average molecular weight is 388 g/mol. The molecule has 8 heteroatoms. The first-order valence-electron chi connectivity index (χ1n) is 9.17. The second-order valence-electron chi connectivity index (χ2n) is 6.56. The van der Waals surface area contributed by atoms with Crippen molar-refractivity contribution in [2.45, 2.75) is 46.0 Å². The summed E-state index contributed by atoms with van der Waals surface area (Å²) in [6.07, 6.45) is 1.13. The van der Waals surface area contributed by atoms with E-state index in [2.05, 4.69) is 24.9 Å². The van der Waals surface area contributed by atoms with Gasteiger partial charge in [0.1, 0.15) is 5.75 Å². The maximum absolute atomic E-state index is 12.6. The van der Waals surface area contributed by atoms with Crippen LogP contribution in [0, 0.1) is 13.8 Å². The zero-order valence-electron chi connectivity index (χ0n) is 15.9. The van der Waals surface area contributed by atoms with Crippen molar-refractivity contribution in [3.63, 3.8) is 0 Å². The Kier molecular flexibility index (Phi) is 6.62. The maximum Gasteiger partial charge on any atom is 0.315 e. The molecule has 2 heterocycles. The number of unbranched alkanes of at least 4 members (excludes halogenated alkanes) is 2. The minimum Gasteiger partial charge on any atom is -0.494 e. The second kappa shape index (κ2) is 9.34. The van der Waals surface area contributed by atoms with Gasteiger partial charge in [-0.15, -0.1) is 0 Å². The molecule has 0 fully saturated rings. The Morgan fingerprint density at radius 3 is 2.57 bits per heavy atom. The van der Waals surface area contributed by atoms with Crippen LogP contribution in [0.15, 0.2) is 34.9 Å². The molecular weight excluding hydrogens is 366 g/mol. The molecule has 3 aromatic rings. The zero-order valence-corrected chi connectivity index (χ0v) is 15.9. The first-order valence-corrected chi connectivity index (χ1v) is 9.17. The molecule has 148 valence electrons. The highest BCUT2D eigenvalue weighted by Gasteiger charge is 2.18. The summed E-state index contributed by atoms with van der Waals surface area (Å²) >= 11 is 0. The van der Waals surface area contributed by atoms with E-state index in [0.717, 1.165) is 48.4 Å². The summed E-state index contributed by atoms with van der Waals surface area (Å²) in [4.78, 5) is 3.72. The lowest BCUT2D eigenvalue weighted by molar-refractivity contribution is 0.106. The number of hydrogen-bond acceptors (Lipinski definition) is 6. The van der Waals surface area contributed by atoms with E-state index in [1.165, 1.54) is 0 Å². The van der Waals surface area contributed by atoms with Crippen LogP contribution in [0.3, 0.4) is 0 Å². The van der Waals surface area contributed by atoms with Crippen LogP contribution < -0.4 is 4.74 Å². The number of benzene rings is 1. The number of ether oxygens (including phenoxy) is 1. The Bertz CT molecular complexity index is 897. The summed E-state index contributed by atoms with van der Waals surface area (Å²) in [5.74, 6) is 0.202. The molecule has 0 atom stereocenters. The molecule has 0 saturated heterocycles. The number of aromatic nitrogens is 4. The number of alkyl halides is 2. The molecule has 0 bridgehead atoms. The van der Waals surface area contributed by atoms with Gasteiger partial charge in [-0.2, -0.15) is 24.0 Å². The zero-order chi connectivity index (χ0) is 19.9. The Morgan fingerprint density at radius 1 is 1.04 bits per heavy atom. The van der Waals surface area contributed by atoms with Crippen LogP contribution in [0.2, 0.25) is 0 Å². The van der Waals surface area contributed by atoms with Crippen LogP contribution >= 0.6 is 0 Å². The van der Waals surface area contributed by atoms with Crippen molar-refractivity contribution in [3.8, 4) is 17.1 Å². The topological polar surface area (TPSA) is 73.9 Å². The van der Waals surface area contributed by atoms with Gasteiger partial charge in [-0.3, -0.25) is 0 Å². The number of hydrogen-bond donors (Lipinski definition) is 0. The normalized spacial score (nSPS) is 11.2. The van der Waals surface area contributed by atoms with E-state index >= 15 is 0 Å². The molecule has 1 aromatic carbocycles. The Labute approximate surface area is 162 Å². The van der Waals surface area contributed by atoms with Crippen LogP contribution in [0.25, 0.3) is 11.4 Å². The standard InChI is InChI=1S/C20H22F2N4O2/c1-13-12-16(9-10-17(13)19-23-20(18(21)22)28-26-19)27-11-5-3-4-6-15-8-7-14(2)24-25-15/h7-10,12,18H,3-6,11H2,1-2H3. The largest absolute Gasteiger partial charge is 0.494 e. The molecule has 0 unspecified atom stereocenters. The predicted molar refractivity (Wildman–Crippen MR) is 99.2 cm³/mol. The minimum absolute atomic E-state index is 0.151. The minimum atomic E-state index is -2.78. The molecule has 0 amide bonds. The van der Waals surface area contributed by atoms with Gasteiger partial charge in [0, 0.05) is 5.56 Å². The monoisotopic (exact) mass is 388 g/mol. The van der Waals surface area contributed by atoms with Crippen molar-refractivity contribution < 1.29 is 18.0 Å². The summed E-state index contributed by atoms with van der Waals surface area (Å²) in [6.45, 7) is 4.38. The smallest absolute Gasteiger partial charge is 0.315 e. The molecule has 6 nitrogen and oxygen atoms in total. The van der Waals surface area contributed by atoms with Gasteiger partial charge in [0.25, 0.3) is 5.89 Å². The van der Waals surface area contributed by atoms with Gasteiger partial charge in [-0.05, 0) is 75.4 Å². The lowest BCUT2D eigenvalue weighted by Gasteiger charge is -2.08. The second-order valence-corrected chi connectivity index (χ2v) is 6.56. The summed E-state index contributed by atoms with van der Waals surface area (Å²) in [7, 11) is 0. The number of halogens is 2. The van der Waals surface area contributed by atoms with Crippen molar-refractivity contribution in [3.05, 3.63) is 53.2 Å². The van der Waals surface area contributed by atoms with E-state index < -0.39 is 12.3 Å². The molecule has 28 heavy (non-hydrogen) atoms. The highest BCUT2D eigenvalue weighted by atomic mass is 19.3. The van der Waals surface area contributed by atoms with Crippen LogP contribution in [-0.4, -0.2) is 26.9 Å². The fourth-order valence-corrected chi connectivity index (χ4v) is 2.74. The van der Waals surface area contributed by atoms with Crippen molar-refractivity contribution in [1.82, 2.24) is 20.3 Å². The quantitative estimate of drug-likeness (QED) is 0.487. The van der Waals surface area contributed by atoms with Crippen molar-refractivity contribution >= 4 is 0 Å². The third-order valence-corrected chi connectivity index (χ3v) is 4.27. The van der Waals surface area contributed by atoms with Crippen LogP contribution in [0.5, 0.6) is 5.75 Å². The molecule has 0 radical (unpaired) electrons. The third kappa shape index (κ3) is 5.31. The van der Waals surface area contributed by atoms with Gasteiger partial charge in [-0.25, -0.2) is 0 Å². The summed E-state index contributed by atoms with van der Waals surface area (Å²) in [6, 6.07) is 9.36. The van der Waals surface area contributed by atoms with Gasteiger partial charge in [0.05, 0.1) is 18.0 Å². The third-order valence-electron chi connectivity index (χ3n) is 4.27. The van der Waals surface area contributed by atoms with E-state index in [4.69, 9.17) is 4.74 Å². The Morgan fingerprint density at radius 2 is 1.89 bits per heavy atom. The highest BCUT2D eigenvalue weighted by Crippen LogP contribution is 2.27. The molecule has 0 aliphatic rings. The van der Waals surface area contributed by atoms with E-state index in [-0.39, 0.29) is 5.82 Å². The van der Waals surface area contributed by atoms with Crippen LogP contribution in [-0.2, 0) is 6.42 Å². The molecule has 0 aliphatic heterocycles. The Hall–Kier alpha value is -2.90. The first-order chi connectivity index (χ1) is 13.5. The molecular formula is C20H22F2N4O2. The number of aryl methyl sites for hydroxylation is 3. The fraction of sp³-hybridized carbons (Fsp3) is 0.400. The highest BCUT2D eigenvalue weighted by molar-refractivity contribution is 5.61. The van der Waals surface area contributed by atoms with Gasteiger partial charge in [0.2, 0.25) is 5.82 Å². The number of nitrogens with zero attached hydrogens (tertiary/aromatic N) is 4. The lowest BCUT2D eigenvalue weighted by Crippen LogP contribution is -1.99. The molecule has 0 N–H and O–H groups in total. The summed E-state index contributed by atoms with van der Waals surface area (Å²) in [5.41, 5.74) is 3.40. The first kappa shape index (κ1) is 19.9. The van der Waals surface area contributed by atoms with Gasteiger partial charge < -0.3 is 9.26 Å². The van der Waals surface area contributed by atoms with Crippen LogP contribution in [0.1, 0.15) is 48.5 Å². The maximum atomic E-state index is 12.6. The fourth-order valence-electron chi connectivity index (χ4n) is 2.74. The molecule has 2 aromatic heterocycles.